The van der Waals surface area contributed by atoms with Crippen LogP contribution in [0.3, 0.4) is 0 Å². The summed E-state index contributed by atoms with van der Waals surface area (Å²) in [4.78, 5) is 13.5. The highest BCUT2D eigenvalue weighted by Gasteiger charge is 2.24. The molecule has 1 aliphatic heterocycles. The molecule has 1 saturated heterocycles. The normalized spacial score (nSPS) is 23.8. The summed E-state index contributed by atoms with van der Waals surface area (Å²) in [5, 5.41) is 8.03. The van der Waals surface area contributed by atoms with Gasteiger partial charge < -0.3 is 9.64 Å². The maximum Gasteiger partial charge on any atom is 0.358 e. The summed E-state index contributed by atoms with van der Waals surface area (Å²) in [6, 6.07) is 3.97. The van der Waals surface area contributed by atoms with Gasteiger partial charge in [0.15, 0.2) is 11.5 Å². The number of methoxy groups -OCH3 is 1. The van der Waals surface area contributed by atoms with Crippen molar-refractivity contribution >= 4 is 11.8 Å². The van der Waals surface area contributed by atoms with Crippen molar-refractivity contribution < 1.29 is 9.53 Å². The van der Waals surface area contributed by atoms with Crippen LogP contribution in [0.15, 0.2) is 12.1 Å². The average molecular weight is 249 g/mol. The number of piperidine rings is 1. The number of nitrogens with zero attached hydrogens (tertiary/aromatic N) is 3. The van der Waals surface area contributed by atoms with E-state index in [2.05, 4.69) is 33.7 Å². The molecule has 1 aromatic heterocycles. The molecule has 0 bridgehead atoms. The van der Waals surface area contributed by atoms with E-state index >= 15 is 0 Å². The first kappa shape index (κ1) is 12.8. The van der Waals surface area contributed by atoms with Crippen LogP contribution in [0.5, 0.6) is 0 Å². The van der Waals surface area contributed by atoms with Gasteiger partial charge in [0.1, 0.15) is 0 Å². The summed E-state index contributed by atoms with van der Waals surface area (Å²) >= 11 is 0. The van der Waals surface area contributed by atoms with Gasteiger partial charge in [0.25, 0.3) is 0 Å². The van der Waals surface area contributed by atoms with Gasteiger partial charge in [-0.3, -0.25) is 0 Å². The number of esters is 1. The van der Waals surface area contributed by atoms with Crippen molar-refractivity contribution in [3.05, 3.63) is 17.8 Å². The van der Waals surface area contributed by atoms with E-state index in [1.807, 2.05) is 6.07 Å². The van der Waals surface area contributed by atoms with Gasteiger partial charge in [-0.25, -0.2) is 4.79 Å². The standard InChI is InChI=1S/C13H19N3O2/c1-9-6-7-16(10(2)8-9)12-5-4-11(14-15-12)13(17)18-3/h4-5,9-10H,6-8H2,1-3H3/t9-,10+/m0/s1. The molecule has 2 rings (SSSR count). The topological polar surface area (TPSA) is 55.3 Å². The van der Waals surface area contributed by atoms with Crippen LogP contribution in [0.2, 0.25) is 0 Å². The van der Waals surface area contributed by atoms with Crippen molar-refractivity contribution in [2.45, 2.75) is 32.7 Å². The fraction of sp³-hybridized carbons (Fsp3) is 0.615. The zero-order valence-electron chi connectivity index (χ0n) is 11.1. The van der Waals surface area contributed by atoms with Crippen LogP contribution >= 0.6 is 0 Å². The van der Waals surface area contributed by atoms with Gasteiger partial charge in [-0.15, -0.1) is 10.2 Å². The minimum Gasteiger partial charge on any atom is -0.464 e. The molecule has 5 heteroatoms. The van der Waals surface area contributed by atoms with Gasteiger partial charge in [0, 0.05) is 12.6 Å². The number of anilines is 1. The van der Waals surface area contributed by atoms with Crippen molar-refractivity contribution in [1.29, 1.82) is 0 Å². The van der Waals surface area contributed by atoms with E-state index in [0.29, 0.717) is 6.04 Å². The number of hydrogen-bond acceptors (Lipinski definition) is 5. The largest absolute Gasteiger partial charge is 0.464 e. The van der Waals surface area contributed by atoms with Crippen molar-refractivity contribution in [2.24, 2.45) is 5.92 Å². The Kier molecular flexibility index (Phi) is 3.79. The van der Waals surface area contributed by atoms with E-state index in [-0.39, 0.29) is 5.69 Å². The minimum absolute atomic E-state index is 0.249. The van der Waals surface area contributed by atoms with E-state index in [1.54, 1.807) is 6.07 Å². The van der Waals surface area contributed by atoms with E-state index in [4.69, 9.17) is 0 Å². The Morgan fingerprint density at radius 1 is 1.39 bits per heavy atom. The summed E-state index contributed by atoms with van der Waals surface area (Å²) in [5.41, 5.74) is 0.249. The molecule has 0 aromatic carbocycles. The monoisotopic (exact) mass is 249 g/mol. The molecule has 1 fully saturated rings. The summed E-state index contributed by atoms with van der Waals surface area (Å²) < 4.78 is 4.60. The smallest absolute Gasteiger partial charge is 0.358 e. The SMILES string of the molecule is COC(=O)c1ccc(N2CC[C@H](C)C[C@H]2C)nn1. The fourth-order valence-electron chi connectivity index (χ4n) is 2.44. The van der Waals surface area contributed by atoms with Gasteiger partial charge in [-0.2, -0.15) is 0 Å². The maximum atomic E-state index is 11.3. The summed E-state index contributed by atoms with van der Waals surface area (Å²) in [6.07, 6.45) is 2.34. The Labute approximate surface area is 107 Å². The lowest BCUT2D eigenvalue weighted by Gasteiger charge is -2.37. The molecular formula is C13H19N3O2. The number of ether oxygens (including phenoxy) is 1. The molecular weight excluding hydrogens is 230 g/mol. The molecule has 2 atom stereocenters. The van der Waals surface area contributed by atoms with Crippen LogP contribution in [-0.4, -0.2) is 35.9 Å². The number of rotatable bonds is 2. The molecule has 2 heterocycles. The molecule has 0 amide bonds. The van der Waals surface area contributed by atoms with Gasteiger partial charge in [0.2, 0.25) is 0 Å². The average Bonchev–Trinajstić information content (AvgIpc) is 2.38. The number of carbonyl (C=O) groups is 1. The van der Waals surface area contributed by atoms with E-state index in [1.165, 1.54) is 20.0 Å². The minimum atomic E-state index is -0.450. The quantitative estimate of drug-likeness (QED) is 0.749. The van der Waals surface area contributed by atoms with Crippen molar-refractivity contribution in [3.8, 4) is 0 Å². The maximum absolute atomic E-state index is 11.3. The van der Waals surface area contributed by atoms with Crippen LogP contribution in [0.4, 0.5) is 5.82 Å². The molecule has 0 N–H and O–H groups in total. The van der Waals surface area contributed by atoms with Crippen LogP contribution in [0.25, 0.3) is 0 Å². The first-order valence-electron chi connectivity index (χ1n) is 6.30. The first-order valence-corrected chi connectivity index (χ1v) is 6.30. The third-order valence-corrected chi connectivity index (χ3v) is 3.48. The predicted octanol–water partition coefficient (Wildman–Crippen LogP) is 1.89. The zero-order valence-corrected chi connectivity index (χ0v) is 11.1. The van der Waals surface area contributed by atoms with Crippen LogP contribution in [-0.2, 0) is 4.74 Å². The Hall–Kier alpha value is -1.65. The Bertz CT molecular complexity index is 419. The second-order valence-electron chi connectivity index (χ2n) is 4.94. The predicted molar refractivity (Wildman–Crippen MR) is 68.6 cm³/mol. The highest BCUT2D eigenvalue weighted by atomic mass is 16.5. The zero-order chi connectivity index (χ0) is 13.1. The highest BCUT2D eigenvalue weighted by Crippen LogP contribution is 2.25. The Balaban J connectivity index is 2.12. The third-order valence-electron chi connectivity index (χ3n) is 3.48. The fourth-order valence-corrected chi connectivity index (χ4v) is 2.44. The Morgan fingerprint density at radius 3 is 2.72 bits per heavy atom. The molecule has 1 aromatic rings. The van der Waals surface area contributed by atoms with E-state index < -0.39 is 5.97 Å². The summed E-state index contributed by atoms with van der Waals surface area (Å²) in [6.45, 7) is 5.47. The molecule has 1 aliphatic rings. The molecule has 18 heavy (non-hydrogen) atoms. The van der Waals surface area contributed by atoms with Crippen LogP contribution < -0.4 is 4.90 Å². The van der Waals surface area contributed by atoms with Crippen molar-refractivity contribution in [2.75, 3.05) is 18.6 Å². The lowest BCUT2D eigenvalue weighted by Crippen LogP contribution is -2.40. The van der Waals surface area contributed by atoms with E-state index in [0.717, 1.165) is 18.3 Å². The van der Waals surface area contributed by atoms with Gasteiger partial charge >= 0.3 is 5.97 Å². The summed E-state index contributed by atoms with van der Waals surface area (Å²) in [5.74, 6) is 1.15. The van der Waals surface area contributed by atoms with E-state index in [9.17, 15) is 4.79 Å². The lowest BCUT2D eigenvalue weighted by atomic mass is 9.93. The number of hydrogen-bond donors (Lipinski definition) is 0. The van der Waals surface area contributed by atoms with Gasteiger partial charge in [0.05, 0.1) is 7.11 Å². The molecule has 0 saturated carbocycles. The van der Waals surface area contributed by atoms with Crippen LogP contribution in [0, 0.1) is 5.92 Å². The third kappa shape index (κ3) is 2.60. The summed E-state index contributed by atoms with van der Waals surface area (Å²) in [7, 11) is 1.34. The van der Waals surface area contributed by atoms with Gasteiger partial charge in [-0.05, 0) is 37.8 Å². The van der Waals surface area contributed by atoms with Crippen LogP contribution in [0.1, 0.15) is 37.2 Å². The van der Waals surface area contributed by atoms with Crippen molar-refractivity contribution in [3.63, 3.8) is 0 Å². The first-order chi connectivity index (χ1) is 8.61. The van der Waals surface area contributed by atoms with Crippen molar-refractivity contribution in [1.82, 2.24) is 10.2 Å². The Morgan fingerprint density at radius 2 is 2.17 bits per heavy atom. The number of aromatic nitrogens is 2. The van der Waals surface area contributed by atoms with Gasteiger partial charge in [-0.1, -0.05) is 6.92 Å². The molecule has 98 valence electrons. The molecule has 0 radical (unpaired) electrons. The second kappa shape index (κ2) is 5.33. The second-order valence-corrected chi connectivity index (χ2v) is 4.94. The lowest BCUT2D eigenvalue weighted by molar-refractivity contribution is 0.0592. The molecule has 0 aliphatic carbocycles. The highest BCUT2D eigenvalue weighted by molar-refractivity contribution is 5.86. The molecule has 0 spiro atoms. The molecule has 5 nitrogen and oxygen atoms in total. The number of carbonyl (C=O) groups excluding carboxylic acids is 1. The molecule has 0 unspecified atom stereocenters.